The van der Waals surface area contributed by atoms with Crippen LogP contribution in [0.1, 0.15) is 37.3 Å². The Hall–Kier alpha value is -1.39. The molecule has 0 spiro atoms. The molecule has 0 radical (unpaired) electrons. The topological polar surface area (TPSA) is 58.4 Å². The summed E-state index contributed by atoms with van der Waals surface area (Å²) in [4.78, 5) is 14.5. The minimum atomic E-state index is 0.0966. The van der Waals surface area contributed by atoms with Crippen LogP contribution in [0.2, 0.25) is 0 Å². The molecule has 1 unspecified atom stereocenters. The van der Waals surface area contributed by atoms with Crippen molar-refractivity contribution in [3.05, 3.63) is 35.4 Å². The zero-order chi connectivity index (χ0) is 15.1. The molecule has 1 atom stereocenters. The molecule has 1 heterocycles. The van der Waals surface area contributed by atoms with E-state index in [1.54, 1.807) is 0 Å². The number of nitrogens with zero attached hydrogens (tertiary/aromatic N) is 1. The zero-order valence-electron chi connectivity index (χ0n) is 13.0. The fourth-order valence-corrected chi connectivity index (χ4v) is 2.79. The Bertz CT molecular complexity index is 438. The van der Waals surface area contributed by atoms with Crippen molar-refractivity contribution in [2.75, 3.05) is 19.6 Å². The number of benzene rings is 1. The maximum Gasteiger partial charge on any atom is 0.224 e. The molecule has 1 amide bonds. The Kier molecular flexibility index (Phi) is 6.21. The molecule has 116 valence electrons. The van der Waals surface area contributed by atoms with Gasteiger partial charge in [0.05, 0.1) is 6.42 Å². The van der Waals surface area contributed by atoms with Crippen LogP contribution >= 0.6 is 0 Å². The second kappa shape index (κ2) is 8.15. The summed E-state index contributed by atoms with van der Waals surface area (Å²) in [6.07, 6.45) is 4.35. The van der Waals surface area contributed by atoms with E-state index in [0.717, 1.165) is 30.8 Å². The van der Waals surface area contributed by atoms with Crippen LogP contribution < -0.4 is 11.1 Å². The van der Waals surface area contributed by atoms with E-state index in [0.29, 0.717) is 19.0 Å². The number of nitrogens with two attached hydrogens (primary N) is 1. The highest BCUT2D eigenvalue weighted by atomic mass is 16.1. The summed E-state index contributed by atoms with van der Waals surface area (Å²) < 4.78 is 0. The maximum atomic E-state index is 12.0. The summed E-state index contributed by atoms with van der Waals surface area (Å²) >= 11 is 0. The van der Waals surface area contributed by atoms with Crippen LogP contribution in [-0.2, 0) is 17.8 Å². The Balaban J connectivity index is 1.73. The van der Waals surface area contributed by atoms with Crippen LogP contribution in [0.5, 0.6) is 0 Å². The first-order valence-corrected chi connectivity index (χ1v) is 7.97. The van der Waals surface area contributed by atoms with Crippen molar-refractivity contribution in [3.8, 4) is 0 Å². The molecular weight excluding hydrogens is 262 g/mol. The largest absolute Gasteiger partial charge is 0.354 e. The predicted molar refractivity (Wildman–Crippen MR) is 85.9 cm³/mol. The SMILES string of the molecule is CC(CNC(=O)Cc1ccc(CN)cc1)N1CCCCC1. The highest BCUT2D eigenvalue weighted by molar-refractivity contribution is 5.78. The molecule has 1 aromatic rings. The minimum absolute atomic E-state index is 0.0966. The number of carbonyl (C=O) groups is 1. The third kappa shape index (κ3) is 5.14. The fourth-order valence-electron chi connectivity index (χ4n) is 2.79. The van der Waals surface area contributed by atoms with Gasteiger partial charge in [-0.25, -0.2) is 0 Å². The monoisotopic (exact) mass is 289 g/mol. The van der Waals surface area contributed by atoms with Crippen molar-refractivity contribution in [1.82, 2.24) is 10.2 Å². The number of amides is 1. The van der Waals surface area contributed by atoms with Gasteiger partial charge < -0.3 is 11.1 Å². The lowest BCUT2D eigenvalue weighted by Crippen LogP contribution is -2.44. The number of piperidine rings is 1. The van der Waals surface area contributed by atoms with Gasteiger partial charge in [0.25, 0.3) is 0 Å². The van der Waals surface area contributed by atoms with Crippen molar-refractivity contribution in [3.63, 3.8) is 0 Å². The smallest absolute Gasteiger partial charge is 0.224 e. The second-order valence-electron chi connectivity index (χ2n) is 5.95. The lowest BCUT2D eigenvalue weighted by atomic mass is 10.1. The second-order valence-corrected chi connectivity index (χ2v) is 5.95. The first-order chi connectivity index (χ1) is 10.2. The van der Waals surface area contributed by atoms with E-state index in [9.17, 15) is 4.79 Å². The van der Waals surface area contributed by atoms with E-state index < -0.39 is 0 Å². The quantitative estimate of drug-likeness (QED) is 0.837. The third-order valence-electron chi connectivity index (χ3n) is 4.23. The molecule has 4 nitrogen and oxygen atoms in total. The molecule has 0 aliphatic carbocycles. The van der Waals surface area contributed by atoms with E-state index in [1.807, 2.05) is 24.3 Å². The van der Waals surface area contributed by atoms with Gasteiger partial charge in [-0.15, -0.1) is 0 Å². The lowest BCUT2D eigenvalue weighted by Gasteiger charge is -2.32. The number of rotatable bonds is 6. The van der Waals surface area contributed by atoms with E-state index in [-0.39, 0.29) is 5.91 Å². The van der Waals surface area contributed by atoms with Crippen LogP contribution in [-0.4, -0.2) is 36.5 Å². The molecule has 4 heteroatoms. The van der Waals surface area contributed by atoms with Crippen LogP contribution in [0.15, 0.2) is 24.3 Å². The van der Waals surface area contributed by atoms with Crippen molar-refractivity contribution in [2.24, 2.45) is 5.73 Å². The molecular formula is C17H27N3O. The van der Waals surface area contributed by atoms with E-state index in [2.05, 4.69) is 17.1 Å². The molecule has 1 aliphatic heterocycles. The van der Waals surface area contributed by atoms with E-state index >= 15 is 0 Å². The number of hydrogen-bond donors (Lipinski definition) is 2. The lowest BCUT2D eigenvalue weighted by molar-refractivity contribution is -0.120. The molecule has 1 aromatic carbocycles. The van der Waals surface area contributed by atoms with Crippen LogP contribution in [0.3, 0.4) is 0 Å². The Morgan fingerprint density at radius 3 is 2.43 bits per heavy atom. The van der Waals surface area contributed by atoms with Crippen molar-refractivity contribution < 1.29 is 4.79 Å². The van der Waals surface area contributed by atoms with Gasteiger partial charge in [0.15, 0.2) is 0 Å². The number of nitrogens with one attached hydrogen (secondary N) is 1. The molecule has 0 bridgehead atoms. The fraction of sp³-hybridized carbons (Fsp3) is 0.588. The molecule has 2 rings (SSSR count). The van der Waals surface area contributed by atoms with Gasteiger partial charge in [-0.1, -0.05) is 30.7 Å². The molecule has 1 fully saturated rings. The van der Waals surface area contributed by atoms with Crippen molar-refractivity contribution in [2.45, 2.75) is 45.2 Å². The van der Waals surface area contributed by atoms with Crippen LogP contribution in [0, 0.1) is 0 Å². The Morgan fingerprint density at radius 2 is 1.81 bits per heavy atom. The standard InChI is InChI=1S/C17H27N3O/c1-14(20-9-3-2-4-10-20)13-19-17(21)11-15-5-7-16(12-18)8-6-15/h5-8,14H,2-4,9-13,18H2,1H3,(H,19,21). The van der Waals surface area contributed by atoms with Crippen LogP contribution in [0.4, 0.5) is 0 Å². The Morgan fingerprint density at radius 1 is 1.19 bits per heavy atom. The van der Waals surface area contributed by atoms with Crippen LogP contribution in [0.25, 0.3) is 0 Å². The first kappa shape index (κ1) is 16.0. The molecule has 0 aromatic heterocycles. The van der Waals surface area contributed by atoms with Gasteiger partial charge in [-0.2, -0.15) is 0 Å². The van der Waals surface area contributed by atoms with Gasteiger partial charge in [0.2, 0.25) is 5.91 Å². The molecule has 1 aliphatic rings. The number of carbonyl (C=O) groups excluding carboxylic acids is 1. The van der Waals surface area contributed by atoms with E-state index in [1.165, 1.54) is 19.3 Å². The summed E-state index contributed by atoms with van der Waals surface area (Å²) in [5.74, 6) is 0.0966. The summed E-state index contributed by atoms with van der Waals surface area (Å²) in [7, 11) is 0. The van der Waals surface area contributed by atoms with Gasteiger partial charge in [0, 0.05) is 19.1 Å². The summed E-state index contributed by atoms with van der Waals surface area (Å²) in [5, 5.41) is 3.05. The normalized spacial score (nSPS) is 17.4. The summed E-state index contributed by atoms with van der Waals surface area (Å²) in [5.41, 5.74) is 7.70. The average Bonchev–Trinajstić information content (AvgIpc) is 2.54. The van der Waals surface area contributed by atoms with Gasteiger partial charge in [0.1, 0.15) is 0 Å². The molecule has 21 heavy (non-hydrogen) atoms. The van der Waals surface area contributed by atoms with Crippen molar-refractivity contribution >= 4 is 5.91 Å². The zero-order valence-corrected chi connectivity index (χ0v) is 13.0. The Labute approximate surface area is 127 Å². The highest BCUT2D eigenvalue weighted by Crippen LogP contribution is 2.11. The third-order valence-corrected chi connectivity index (χ3v) is 4.23. The molecule has 3 N–H and O–H groups in total. The first-order valence-electron chi connectivity index (χ1n) is 7.97. The highest BCUT2D eigenvalue weighted by Gasteiger charge is 2.17. The number of hydrogen-bond acceptors (Lipinski definition) is 3. The average molecular weight is 289 g/mol. The van der Waals surface area contributed by atoms with Gasteiger partial charge in [-0.3, -0.25) is 9.69 Å². The van der Waals surface area contributed by atoms with Gasteiger partial charge in [-0.05, 0) is 44.0 Å². The maximum absolute atomic E-state index is 12.0. The number of likely N-dealkylation sites (tertiary alicyclic amines) is 1. The van der Waals surface area contributed by atoms with Crippen molar-refractivity contribution in [1.29, 1.82) is 0 Å². The molecule has 0 saturated carbocycles. The predicted octanol–water partition coefficient (Wildman–Crippen LogP) is 1.68. The minimum Gasteiger partial charge on any atom is -0.354 e. The molecule has 1 saturated heterocycles. The van der Waals surface area contributed by atoms with Gasteiger partial charge >= 0.3 is 0 Å². The van der Waals surface area contributed by atoms with E-state index in [4.69, 9.17) is 5.73 Å². The summed E-state index contributed by atoms with van der Waals surface area (Å²) in [6.45, 7) is 5.80. The summed E-state index contributed by atoms with van der Waals surface area (Å²) in [6, 6.07) is 8.36.